The number of hydrogen-bond acceptors (Lipinski definition) is 5. The van der Waals surface area contributed by atoms with Crippen LogP contribution < -0.4 is 10.2 Å². The Balaban J connectivity index is 2.42. The maximum Gasteiger partial charge on any atom is 0.251 e. The van der Waals surface area contributed by atoms with Gasteiger partial charge in [0.05, 0.1) is 4.48 Å². The van der Waals surface area contributed by atoms with E-state index in [-0.39, 0.29) is 41.3 Å². The lowest BCUT2D eigenvalue weighted by molar-refractivity contribution is -0.104. The molecule has 9 heteroatoms. The molecule has 0 unspecified atom stereocenters. The Labute approximate surface area is 199 Å². The van der Waals surface area contributed by atoms with Crippen LogP contribution in [0.15, 0.2) is 58.4 Å². The maximum atomic E-state index is 14.0. The third kappa shape index (κ3) is 6.97. The van der Waals surface area contributed by atoms with E-state index in [0.717, 1.165) is 17.7 Å². The smallest absolute Gasteiger partial charge is 0.251 e. The fourth-order valence-electron chi connectivity index (χ4n) is 3.05. The number of hydrogen-bond donors (Lipinski definition) is 2. The van der Waals surface area contributed by atoms with Crippen molar-refractivity contribution >= 4 is 33.8 Å². The van der Waals surface area contributed by atoms with E-state index in [0.29, 0.717) is 23.2 Å². The normalized spacial score (nSPS) is 12.2. The fourth-order valence-corrected chi connectivity index (χ4v) is 3.27. The number of anilines is 1. The van der Waals surface area contributed by atoms with Gasteiger partial charge in [0.15, 0.2) is 6.29 Å². The van der Waals surface area contributed by atoms with E-state index in [1.807, 2.05) is 6.92 Å². The van der Waals surface area contributed by atoms with Gasteiger partial charge >= 0.3 is 0 Å². The highest BCUT2D eigenvalue weighted by Crippen LogP contribution is 2.27. The molecule has 33 heavy (non-hydrogen) atoms. The number of ether oxygens (including phenoxy) is 1. The van der Waals surface area contributed by atoms with Gasteiger partial charge in [-0.05, 0) is 52.7 Å². The number of aliphatic hydroxyl groups is 1. The summed E-state index contributed by atoms with van der Waals surface area (Å²) in [6.45, 7) is 1.44. The van der Waals surface area contributed by atoms with Crippen molar-refractivity contribution in [3.8, 4) is 0 Å². The van der Waals surface area contributed by atoms with Gasteiger partial charge in [-0.3, -0.25) is 9.59 Å². The van der Waals surface area contributed by atoms with Crippen LogP contribution in [0.2, 0.25) is 0 Å². The highest BCUT2D eigenvalue weighted by atomic mass is 79.9. The third-order valence-electron chi connectivity index (χ3n) is 4.89. The van der Waals surface area contributed by atoms with Crippen LogP contribution in [0.1, 0.15) is 27.9 Å². The van der Waals surface area contributed by atoms with Gasteiger partial charge in [-0.2, -0.15) is 0 Å². The number of nitrogens with one attached hydrogen (secondary N) is 1. The first-order valence-electron chi connectivity index (χ1n) is 10.0. The molecule has 0 saturated carbocycles. The van der Waals surface area contributed by atoms with Gasteiger partial charge in [-0.1, -0.05) is 6.07 Å². The summed E-state index contributed by atoms with van der Waals surface area (Å²) in [5, 5.41) is 12.2. The molecule has 0 radical (unpaired) electrons. The number of aldehydes is 1. The molecule has 2 aromatic rings. The Morgan fingerprint density at radius 2 is 1.97 bits per heavy atom. The highest BCUT2D eigenvalue weighted by molar-refractivity contribution is 9.12. The predicted octanol–water partition coefficient (Wildman–Crippen LogP) is 4.36. The average molecular weight is 523 g/mol. The van der Waals surface area contributed by atoms with Gasteiger partial charge in [-0.25, -0.2) is 8.78 Å². The van der Waals surface area contributed by atoms with Crippen LogP contribution in [-0.4, -0.2) is 38.0 Å². The second kappa shape index (κ2) is 12.3. The van der Waals surface area contributed by atoms with E-state index in [2.05, 4.69) is 21.2 Å². The van der Waals surface area contributed by atoms with Crippen LogP contribution in [0, 0.1) is 18.6 Å². The number of allylic oxidation sites excluding steroid dienone is 2. The summed E-state index contributed by atoms with van der Waals surface area (Å²) in [5.41, 5.74) is 2.73. The van der Waals surface area contributed by atoms with Crippen LogP contribution in [-0.2, 0) is 16.1 Å². The molecule has 2 rings (SSSR count). The second-order valence-corrected chi connectivity index (χ2v) is 7.96. The quantitative estimate of drug-likeness (QED) is 0.210. The number of rotatable bonds is 10. The van der Waals surface area contributed by atoms with Gasteiger partial charge in [0.25, 0.3) is 5.91 Å². The minimum Gasteiger partial charge on any atom is -0.487 e. The lowest BCUT2D eigenvalue weighted by atomic mass is 10.1. The molecule has 0 spiro atoms. The monoisotopic (exact) mass is 522 g/mol. The summed E-state index contributed by atoms with van der Waals surface area (Å²) in [4.78, 5) is 25.2. The molecule has 0 atom stereocenters. The summed E-state index contributed by atoms with van der Waals surface area (Å²) in [5.74, 6) is -1.62. The minimum absolute atomic E-state index is 0.0738. The van der Waals surface area contributed by atoms with E-state index in [9.17, 15) is 23.5 Å². The molecule has 176 valence electrons. The number of halogens is 3. The molecule has 6 nitrogen and oxygen atoms in total. The zero-order chi connectivity index (χ0) is 24.5. The van der Waals surface area contributed by atoms with Crippen molar-refractivity contribution in [1.82, 2.24) is 5.32 Å². The van der Waals surface area contributed by atoms with Crippen molar-refractivity contribution in [2.45, 2.75) is 20.0 Å². The molecular weight excluding hydrogens is 498 g/mol. The van der Waals surface area contributed by atoms with E-state index in [4.69, 9.17) is 4.74 Å². The zero-order valence-corrected chi connectivity index (χ0v) is 20.1. The Morgan fingerprint density at radius 3 is 2.58 bits per heavy atom. The Kier molecular flexibility index (Phi) is 9.74. The first-order valence-corrected chi connectivity index (χ1v) is 10.8. The first-order chi connectivity index (χ1) is 15.7. The number of carbonyl (C=O) groups excluding carboxylic acids is 2. The van der Waals surface area contributed by atoms with E-state index in [1.165, 1.54) is 13.1 Å². The topological polar surface area (TPSA) is 78.9 Å². The largest absolute Gasteiger partial charge is 0.487 e. The van der Waals surface area contributed by atoms with Gasteiger partial charge in [0.1, 0.15) is 24.0 Å². The number of amides is 1. The predicted molar refractivity (Wildman–Crippen MR) is 126 cm³/mol. The Morgan fingerprint density at radius 1 is 1.24 bits per heavy atom. The van der Waals surface area contributed by atoms with Crippen molar-refractivity contribution in [1.29, 1.82) is 0 Å². The van der Waals surface area contributed by atoms with Crippen molar-refractivity contribution in [2.75, 3.05) is 25.6 Å². The molecule has 2 N–H and O–H groups in total. The second-order valence-electron chi connectivity index (χ2n) is 7.10. The Bertz CT molecular complexity index is 1090. The lowest BCUT2D eigenvalue weighted by Crippen LogP contribution is -2.21. The molecule has 0 bridgehead atoms. The summed E-state index contributed by atoms with van der Waals surface area (Å²) in [6.07, 6.45) is 2.28. The van der Waals surface area contributed by atoms with Crippen LogP contribution >= 0.6 is 15.9 Å². The lowest BCUT2D eigenvalue weighted by Gasteiger charge is -2.25. The number of aliphatic hydroxyl groups excluding tert-OH is 1. The summed E-state index contributed by atoms with van der Waals surface area (Å²) in [7, 11) is 3.29. The fraction of sp³-hybridized carbons (Fsp3) is 0.250. The van der Waals surface area contributed by atoms with E-state index in [1.54, 1.807) is 36.2 Å². The standard InChI is InChI=1S/C24H25BrF2N2O4/c1-15-4-5-16(24(32)28-2)10-22(15)29(3)19(8-9-30)12-23(20(25)13-31)33-14-17-6-7-18(26)11-21(17)27/h4-7,10-13,30H,8-9,14H2,1-3H3,(H,28,32)/b19-12-,23-20-. The molecule has 0 fully saturated rings. The van der Waals surface area contributed by atoms with Crippen LogP contribution in [0.3, 0.4) is 0 Å². The number of carbonyl (C=O) groups is 2. The molecule has 0 aliphatic heterocycles. The van der Waals surface area contributed by atoms with Crippen molar-refractivity contribution in [3.05, 3.63) is 86.7 Å². The van der Waals surface area contributed by atoms with Crippen LogP contribution in [0.4, 0.5) is 14.5 Å². The molecule has 0 saturated heterocycles. The van der Waals surface area contributed by atoms with Crippen molar-refractivity contribution < 1.29 is 28.2 Å². The first kappa shape index (κ1) is 26.2. The van der Waals surface area contributed by atoms with Crippen molar-refractivity contribution in [2.24, 2.45) is 0 Å². The van der Waals surface area contributed by atoms with Crippen molar-refractivity contribution in [3.63, 3.8) is 0 Å². The van der Waals surface area contributed by atoms with Crippen LogP contribution in [0.25, 0.3) is 0 Å². The number of benzene rings is 2. The molecule has 0 heterocycles. The van der Waals surface area contributed by atoms with Gasteiger partial charge < -0.3 is 20.1 Å². The molecule has 0 aromatic heterocycles. The third-order valence-corrected chi connectivity index (χ3v) is 5.47. The van der Waals surface area contributed by atoms with E-state index >= 15 is 0 Å². The molecule has 1 amide bonds. The summed E-state index contributed by atoms with van der Waals surface area (Å²) in [6, 6.07) is 8.35. The van der Waals surface area contributed by atoms with E-state index < -0.39 is 11.6 Å². The van der Waals surface area contributed by atoms with Gasteiger partial charge in [-0.15, -0.1) is 0 Å². The van der Waals surface area contributed by atoms with Gasteiger partial charge in [0.2, 0.25) is 0 Å². The summed E-state index contributed by atoms with van der Waals surface area (Å²) < 4.78 is 32.9. The minimum atomic E-state index is -0.769. The maximum absolute atomic E-state index is 14.0. The van der Waals surface area contributed by atoms with Gasteiger partial charge in [0, 0.05) is 61.8 Å². The molecular formula is C24H25BrF2N2O4. The molecule has 0 aliphatic carbocycles. The molecule has 2 aromatic carbocycles. The SMILES string of the molecule is CNC(=O)c1ccc(C)c(N(C)/C(=C\C(OCc2ccc(F)cc2F)=C(\Br)C=O)CCO)c1. The molecule has 0 aliphatic rings. The summed E-state index contributed by atoms with van der Waals surface area (Å²) >= 11 is 3.14. The number of aryl methyl sites for hydroxylation is 1. The number of nitrogens with zero attached hydrogens (tertiary/aromatic N) is 1. The highest BCUT2D eigenvalue weighted by Gasteiger charge is 2.15. The zero-order valence-electron chi connectivity index (χ0n) is 18.5. The van der Waals surface area contributed by atoms with Crippen LogP contribution in [0.5, 0.6) is 0 Å². The Hall–Kier alpha value is -3.04. The average Bonchev–Trinajstić information content (AvgIpc) is 2.80.